The van der Waals surface area contributed by atoms with Crippen LogP contribution in [0.15, 0.2) is 12.3 Å². The van der Waals surface area contributed by atoms with E-state index < -0.39 is 11.4 Å². The number of hydrogen-bond acceptors (Lipinski definition) is 4. The van der Waals surface area contributed by atoms with E-state index in [0.717, 1.165) is 37.5 Å². The standard InChI is InChI=1S/C38H62O5/c1-10-22-42-25(2)38-17-11-12-27(38)26-13-14-29-35(7)18-16-30(43-32(41)24-33(3,4)23-31(39)40)34(5,6)28(35)15-19-37(29,9)36(26,8)20-21-38/h26-30H,2,10-24H2,1,3-9H3,(H,39,40)/t26?,27?,28?,29?,30?,35?,36-,37?,38?/m1/s1. The lowest BCUT2D eigenvalue weighted by Gasteiger charge is -2.72. The van der Waals surface area contributed by atoms with Crippen molar-refractivity contribution in [3.05, 3.63) is 12.3 Å². The Morgan fingerprint density at radius 3 is 2.23 bits per heavy atom. The summed E-state index contributed by atoms with van der Waals surface area (Å²) >= 11 is 0. The van der Waals surface area contributed by atoms with Crippen LogP contribution in [0.25, 0.3) is 0 Å². The highest BCUT2D eigenvalue weighted by Gasteiger charge is 2.70. The van der Waals surface area contributed by atoms with Gasteiger partial charge in [-0.1, -0.05) is 68.4 Å². The summed E-state index contributed by atoms with van der Waals surface area (Å²) in [6.07, 6.45) is 14.6. The van der Waals surface area contributed by atoms with Gasteiger partial charge in [0.2, 0.25) is 0 Å². The first-order valence-electron chi connectivity index (χ1n) is 17.7. The zero-order chi connectivity index (χ0) is 31.6. The van der Waals surface area contributed by atoms with Crippen molar-refractivity contribution >= 4 is 11.9 Å². The number of hydrogen-bond donors (Lipinski definition) is 1. The highest BCUT2D eigenvalue weighted by molar-refractivity contribution is 5.73. The summed E-state index contributed by atoms with van der Waals surface area (Å²) in [7, 11) is 0. The predicted molar refractivity (Wildman–Crippen MR) is 171 cm³/mol. The molecule has 0 heterocycles. The molecule has 5 aliphatic rings. The lowest BCUT2D eigenvalue weighted by molar-refractivity contribution is -0.248. The number of aliphatic carboxylic acids is 1. The second kappa shape index (κ2) is 11.1. The van der Waals surface area contributed by atoms with Crippen LogP contribution in [0.4, 0.5) is 0 Å². The van der Waals surface area contributed by atoms with Crippen LogP contribution in [0, 0.1) is 56.2 Å². The van der Waals surface area contributed by atoms with E-state index in [9.17, 15) is 14.7 Å². The van der Waals surface area contributed by atoms with Gasteiger partial charge in [0.25, 0.3) is 0 Å². The van der Waals surface area contributed by atoms with Gasteiger partial charge in [0.1, 0.15) is 6.10 Å². The molecule has 0 aromatic rings. The number of allylic oxidation sites excluding steroid dienone is 1. The lowest BCUT2D eigenvalue weighted by Crippen LogP contribution is -2.66. The molecular weight excluding hydrogens is 536 g/mol. The molecule has 0 bridgehead atoms. The number of ether oxygens (including phenoxy) is 2. The first-order chi connectivity index (χ1) is 20.0. The monoisotopic (exact) mass is 598 g/mol. The molecule has 0 aromatic heterocycles. The van der Waals surface area contributed by atoms with Gasteiger partial charge < -0.3 is 14.6 Å². The van der Waals surface area contributed by atoms with Crippen LogP contribution in [0.5, 0.6) is 0 Å². The van der Waals surface area contributed by atoms with Crippen molar-refractivity contribution in [2.24, 2.45) is 56.2 Å². The maximum atomic E-state index is 13.1. The summed E-state index contributed by atoms with van der Waals surface area (Å²) in [5.74, 6) is 2.62. The van der Waals surface area contributed by atoms with Gasteiger partial charge in [-0.05, 0) is 116 Å². The summed E-state index contributed by atoms with van der Waals surface area (Å²) in [6.45, 7) is 23.9. The van der Waals surface area contributed by atoms with Gasteiger partial charge in [-0.3, -0.25) is 9.59 Å². The fraction of sp³-hybridized carbons (Fsp3) is 0.895. The summed E-state index contributed by atoms with van der Waals surface area (Å²) in [5.41, 5.74) is 0.335. The Labute approximate surface area is 262 Å². The summed E-state index contributed by atoms with van der Waals surface area (Å²) < 4.78 is 12.6. The molecular formula is C38H62O5. The Morgan fingerprint density at radius 2 is 1.56 bits per heavy atom. The van der Waals surface area contributed by atoms with Gasteiger partial charge in [0.15, 0.2) is 0 Å². The van der Waals surface area contributed by atoms with E-state index in [-0.39, 0.29) is 41.2 Å². The smallest absolute Gasteiger partial charge is 0.306 e. The highest BCUT2D eigenvalue weighted by Crippen LogP contribution is 2.77. The molecule has 8 unspecified atom stereocenters. The third-order valence-corrected chi connectivity index (χ3v) is 14.9. The van der Waals surface area contributed by atoms with Crippen LogP contribution < -0.4 is 0 Å². The average molecular weight is 599 g/mol. The van der Waals surface area contributed by atoms with Gasteiger partial charge in [-0.25, -0.2) is 0 Å². The van der Waals surface area contributed by atoms with Crippen LogP contribution in [0.2, 0.25) is 0 Å². The maximum Gasteiger partial charge on any atom is 0.306 e. The third kappa shape index (κ3) is 5.09. The Kier molecular flexibility index (Phi) is 8.46. The molecule has 0 radical (unpaired) electrons. The van der Waals surface area contributed by atoms with E-state index in [4.69, 9.17) is 9.47 Å². The predicted octanol–water partition coefficient (Wildman–Crippen LogP) is 9.58. The normalized spacial score (nSPS) is 43.4. The van der Waals surface area contributed by atoms with E-state index in [0.29, 0.717) is 28.6 Å². The Hall–Kier alpha value is -1.52. The Bertz CT molecular complexity index is 1110. The molecule has 244 valence electrons. The topological polar surface area (TPSA) is 72.8 Å². The Morgan fingerprint density at radius 1 is 0.837 bits per heavy atom. The SMILES string of the molecule is C=C(OCCC)C12CCCC1C1CCC3C4(C)CCC(OC(=O)CC(C)(C)CC(=O)O)C(C)(C)C4CCC3(C)[C@]1(C)CC2. The molecule has 5 fully saturated rings. The number of carbonyl (C=O) groups is 2. The van der Waals surface area contributed by atoms with Crippen LogP contribution in [-0.2, 0) is 19.1 Å². The van der Waals surface area contributed by atoms with Crippen molar-refractivity contribution < 1.29 is 24.2 Å². The molecule has 0 aromatic carbocycles. The van der Waals surface area contributed by atoms with E-state index in [2.05, 4.69) is 48.1 Å². The molecule has 5 rings (SSSR count). The number of carboxylic acids is 1. The van der Waals surface area contributed by atoms with Crippen LogP contribution in [0.1, 0.15) is 145 Å². The van der Waals surface area contributed by atoms with Gasteiger partial charge >= 0.3 is 11.9 Å². The van der Waals surface area contributed by atoms with Crippen molar-refractivity contribution in [1.82, 2.24) is 0 Å². The van der Waals surface area contributed by atoms with E-state index >= 15 is 0 Å². The maximum absolute atomic E-state index is 13.1. The van der Waals surface area contributed by atoms with Crippen LogP contribution in [0.3, 0.4) is 0 Å². The summed E-state index contributed by atoms with van der Waals surface area (Å²) in [6, 6.07) is 0. The largest absolute Gasteiger partial charge is 0.498 e. The molecule has 9 atom stereocenters. The lowest BCUT2D eigenvalue weighted by atomic mass is 9.32. The second-order valence-electron chi connectivity index (χ2n) is 17.8. The fourth-order valence-electron chi connectivity index (χ4n) is 12.7. The van der Waals surface area contributed by atoms with Gasteiger partial charge in [0, 0.05) is 10.8 Å². The minimum absolute atomic E-state index is 0.0290. The number of carbonyl (C=O) groups excluding carboxylic acids is 1. The molecule has 43 heavy (non-hydrogen) atoms. The number of fused-ring (bicyclic) bond motifs is 7. The molecule has 5 saturated carbocycles. The molecule has 0 saturated heterocycles. The number of carboxylic acid groups (broad SMARTS) is 1. The van der Waals surface area contributed by atoms with Crippen molar-refractivity contribution in [3.8, 4) is 0 Å². The number of esters is 1. The Balaban J connectivity index is 1.35. The highest BCUT2D eigenvalue weighted by atomic mass is 16.5. The molecule has 5 nitrogen and oxygen atoms in total. The minimum atomic E-state index is -0.869. The zero-order valence-electron chi connectivity index (χ0n) is 28.8. The quantitative estimate of drug-likeness (QED) is 0.211. The summed E-state index contributed by atoms with van der Waals surface area (Å²) in [4.78, 5) is 24.4. The first-order valence-corrected chi connectivity index (χ1v) is 17.7. The van der Waals surface area contributed by atoms with E-state index in [1.807, 2.05) is 13.8 Å². The van der Waals surface area contributed by atoms with Crippen molar-refractivity contribution in [2.45, 2.75) is 151 Å². The van der Waals surface area contributed by atoms with Gasteiger partial charge in [-0.15, -0.1) is 0 Å². The van der Waals surface area contributed by atoms with Crippen molar-refractivity contribution in [3.63, 3.8) is 0 Å². The van der Waals surface area contributed by atoms with Gasteiger partial charge in [0.05, 0.1) is 25.2 Å². The number of rotatable bonds is 9. The summed E-state index contributed by atoms with van der Waals surface area (Å²) in [5, 5.41) is 9.28. The molecule has 0 aliphatic heterocycles. The first kappa shape index (κ1) is 32.9. The zero-order valence-corrected chi connectivity index (χ0v) is 28.8. The molecule has 0 spiro atoms. The molecule has 1 N–H and O–H groups in total. The van der Waals surface area contributed by atoms with Crippen molar-refractivity contribution in [2.75, 3.05) is 6.61 Å². The second-order valence-corrected chi connectivity index (χ2v) is 17.8. The average Bonchev–Trinajstić information content (AvgIpc) is 3.34. The fourth-order valence-corrected chi connectivity index (χ4v) is 12.7. The minimum Gasteiger partial charge on any atom is -0.498 e. The van der Waals surface area contributed by atoms with Crippen molar-refractivity contribution in [1.29, 1.82) is 0 Å². The molecule has 5 heteroatoms. The molecule has 5 aliphatic carbocycles. The third-order valence-electron chi connectivity index (χ3n) is 14.9. The van der Waals surface area contributed by atoms with E-state index in [1.54, 1.807) is 0 Å². The van der Waals surface area contributed by atoms with Crippen LogP contribution in [-0.4, -0.2) is 29.8 Å². The molecule has 0 amide bonds. The van der Waals surface area contributed by atoms with Gasteiger partial charge in [-0.2, -0.15) is 0 Å². The van der Waals surface area contributed by atoms with Crippen LogP contribution >= 0.6 is 0 Å². The van der Waals surface area contributed by atoms with E-state index in [1.165, 1.54) is 57.8 Å².